The van der Waals surface area contributed by atoms with E-state index in [4.69, 9.17) is 4.74 Å². The molecule has 1 aromatic carbocycles. The maximum absolute atomic E-state index is 11.9. The number of carbonyl (C=O) groups excluding carboxylic acids is 1. The molecule has 1 aliphatic heterocycles. The highest BCUT2D eigenvalue weighted by Gasteiger charge is 2.15. The fourth-order valence-corrected chi connectivity index (χ4v) is 2.39. The van der Waals surface area contributed by atoms with Gasteiger partial charge in [0.2, 0.25) is 5.91 Å². The van der Waals surface area contributed by atoms with Gasteiger partial charge in [0.25, 0.3) is 0 Å². The van der Waals surface area contributed by atoms with Gasteiger partial charge in [-0.05, 0) is 37.3 Å². The third-order valence-corrected chi connectivity index (χ3v) is 3.48. The van der Waals surface area contributed by atoms with Crippen LogP contribution in [0.3, 0.4) is 0 Å². The van der Waals surface area contributed by atoms with Gasteiger partial charge in [0, 0.05) is 19.5 Å². The van der Waals surface area contributed by atoms with Gasteiger partial charge in [-0.25, -0.2) is 5.32 Å². The first kappa shape index (κ1) is 13.9. The van der Waals surface area contributed by atoms with Gasteiger partial charge >= 0.3 is 0 Å². The smallest absolute Gasteiger partial charge is 0.224 e. The van der Waals surface area contributed by atoms with Crippen LogP contribution in [0.1, 0.15) is 25.7 Å². The highest BCUT2D eigenvalue weighted by molar-refractivity contribution is 5.92. The zero-order chi connectivity index (χ0) is 13.5. The van der Waals surface area contributed by atoms with Gasteiger partial charge in [0.15, 0.2) is 0 Å². The van der Waals surface area contributed by atoms with Crippen LogP contribution in [-0.4, -0.2) is 26.1 Å². The Hall–Kier alpha value is -1.55. The molecule has 0 spiro atoms. The van der Waals surface area contributed by atoms with Gasteiger partial charge < -0.3 is 10.1 Å². The van der Waals surface area contributed by atoms with Crippen LogP contribution in [-0.2, 0) is 4.79 Å². The van der Waals surface area contributed by atoms with Crippen molar-refractivity contribution < 1.29 is 9.53 Å². The zero-order valence-electron chi connectivity index (χ0n) is 11.4. The van der Waals surface area contributed by atoms with E-state index in [9.17, 15) is 4.79 Å². The summed E-state index contributed by atoms with van der Waals surface area (Å²) >= 11 is 0. The van der Waals surface area contributed by atoms with Crippen LogP contribution in [0.2, 0.25) is 0 Å². The number of carbonyl (C=O) groups is 1. The van der Waals surface area contributed by atoms with Crippen molar-refractivity contribution in [2.45, 2.75) is 25.7 Å². The fraction of sp³-hybridized carbons (Fsp3) is 0.533. The molecule has 1 heterocycles. The average molecular weight is 261 g/mol. The molecule has 1 aromatic rings. The molecule has 1 radical (unpaired) electrons. The molecule has 0 bridgehead atoms. The second kappa shape index (κ2) is 7.14. The van der Waals surface area contributed by atoms with Crippen molar-refractivity contribution in [2.24, 2.45) is 5.92 Å². The van der Waals surface area contributed by atoms with E-state index in [0.717, 1.165) is 25.2 Å². The molecule has 1 fully saturated rings. The molecular formula is C15H21N2O2. The fourth-order valence-electron chi connectivity index (χ4n) is 2.39. The van der Waals surface area contributed by atoms with E-state index in [1.165, 1.54) is 12.8 Å². The predicted molar refractivity (Wildman–Crippen MR) is 75.4 cm³/mol. The molecule has 0 aromatic heterocycles. The van der Waals surface area contributed by atoms with E-state index in [0.29, 0.717) is 18.1 Å². The molecule has 1 amide bonds. The van der Waals surface area contributed by atoms with Crippen LogP contribution in [0, 0.1) is 5.92 Å². The summed E-state index contributed by atoms with van der Waals surface area (Å²) < 4.78 is 5.21. The minimum Gasteiger partial charge on any atom is -0.495 e. The lowest BCUT2D eigenvalue weighted by atomic mass is 9.94. The molecule has 4 heteroatoms. The third kappa shape index (κ3) is 4.24. The minimum absolute atomic E-state index is 0.0510. The molecule has 103 valence electrons. The van der Waals surface area contributed by atoms with Crippen molar-refractivity contribution in [2.75, 3.05) is 25.5 Å². The SMILES string of the molecule is COc1ccccc1NC(=O)CCC1CCC[N]C1. The van der Waals surface area contributed by atoms with Gasteiger partial charge in [-0.15, -0.1) is 0 Å². The van der Waals surface area contributed by atoms with Crippen molar-refractivity contribution >= 4 is 11.6 Å². The summed E-state index contributed by atoms with van der Waals surface area (Å²) in [5.74, 6) is 1.33. The van der Waals surface area contributed by atoms with Gasteiger partial charge in [-0.2, -0.15) is 0 Å². The largest absolute Gasteiger partial charge is 0.495 e. The summed E-state index contributed by atoms with van der Waals surface area (Å²) in [5.41, 5.74) is 0.739. The standard InChI is InChI=1S/C15H21N2O2/c1-19-14-7-3-2-6-13(14)17-15(18)9-8-12-5-4-10-16-11-12/h2-3,6-7,12H,4-5,8-11H2,1H3,(H,17,18). The lowest BCUT2D eigenvalue weighted by Crippen LogP contribution is -2.25. The van der Waals surface area contributed by atoms with Crippen LogP contribution in [0.5, 0.6) is 5.75 Å². The normalized spacial score (nSPS) is 18.9. The zero-order valence-corrected chi connectivity index (χ0v) is 11.4. The summed E-state index contributed by atoms with van der Waals surface area (Å²) in [5, 5.41) is 7.30. The second-order valence-electron chi connectivity index (χ2n) is 4.93. The Balaban J connectivity index is 1.80. The van der Waals surface area contributed by atoms with Crippen LogP contribution >= 0.6 is 0 Å². The van der Waals surface area contributed by atoms with E-state index in [1.807, 2.05) is 24.3 Å². The Morgan fingerprint density at radius 2 is 2.32 bits per heavy atom. The van der Waals surface area contributed by atoms with E-state index in [2.05, 4.69) is 10.6 Å². The molecule has 1 unspecified atom stereocenters. The molecule has 19 heavy (non-hydrogen) atoms. The molecule has 2 rings (SSSR count). The number of amides is 1. The molecule has 1 aliphatic rings. The number of rotatable bonds is 5. The van der Waals surface area contributed by atoms with Crippen LogP contribution in [0.4, 0.5) is 5.69 Å². The summed E-state index contributed by atoms with van der Waals surface area (Å²) in [7, 11) is 1.61. The number of nitrogens with zero attached hydrogens (tertiary/aromatic N) is 1. The number of ether oxygens (including phenoxy) is 1. The number of nitrogens with one attached hydrogen (secondary N) is 1. The van der Waals surface area contributed by atoms with Crippen molar-refractivity contribution in [3.05, 3.63) is 24.3 Å². The van der Waals surface area contributed by atoms with Crippen molar-refractivity contribution in [1.29, 1.82) is 0 Å². The van der Waals surface area contributed by atoms with E-state index < -0.39 is 0 Å². The highest BCUT2D eigenvalue weighted by Crippen LogP contribution is 2.24. The number of para-hydroxylation sites is 2. The predicted octanol–water partition coefficient (Wildman–Crippen LogP) is 2.43. The Labute approximate surface area is 114 Å². The Bertz CT molecular complexity index is 414. The van der Waals surface area contributed by atoms with Crippen molar-refractivity contribution in [3.8, 4) is 5.75 Å². The summed E-state index contributed by atoms with van der Waals surface area (Å²) in [6.45, 7) is 1.91. The van der Waals surface area contributed by atoms with Crippen LogP contribution in [0.15, 0.2) is 24.3 Å². The van der Waals surface area contributed by atoms with Gasteiger partial charge in [0.05, 0.1) is 12.8 Å². The summed E-state index contributed by atoms with van der Waals surface area (Å²) in [6.07, 6.45) is 3.84. The molecule has 0 aliphatic carbocycles. The van der Waals surface area contributed by atoms with Gasteiger partial charge in [-0.3, -0.25) is 4.79 Å². The molecule has 0 saturated carbocycles. The highest BCUT2D eigenvalue weighted by atomic mass is 16.5. The molecule has 1 N–H and O–H groups in total. The maximum atomic E-state index is 11.9. The number of benzene rings is 1. The molecule has 1 atom stereocenters. The maximum Gasteiger partial charge on any atom is 0.224 e. The third-order valence-electron chi connectivity index (χ3n) is 3.48. The molecule has 4 nitrogen and oxygen atoms in total. The number of methoxy groups -OCH3 is 1. The Morgan fingerprint density at radius 3 is 3.05 bits per heavy atom. The van der Waals surface area contributed by atoms with E-state index in [1.54, 1.807) is 7.11 Å². The Morgan fingerprint density at radius 1 is 1.47 bits per heavy atom. The number of hydrogen-bond acceptors (Lipinski definition) is 2. The van der Waals surface area contributed by atoms with Crippen molar-refractivity contribution in [3.63, 3.8) is 0 Å². The first-order valence-electron chi connectivity index (χ1n) is 6.85. The quantitative estimate of drug-likeness (QED) is 0.885. The van der Waals surface area contributed by atoms with Gasteiger partial charge in [0.1, 0.15) is 5.75 Å². The first-order chi connectivity index (χ1) is 9.29. The number of hydrogen-bond donors (Lipinski definition) is 1. The lowest BCUT2D eigenvalue weighted by molar-refractivity contribution is -0.116. The average Bonchev–Trinajstić information content (AvgIpc) is 2.47. The Kier molecular flexibility index (Phi) is 5.21. The minimum atomic E-state index is 0.0510. The topological polar surface area (TPSA) is 52.4 Å². The molecule has 1 saturated heterocycles. The van der Waals surface area contributed by atoms with E-state index >= 15 is 0 Å². The number of anilines is 1. The summed E-state index contributed by atoms with van der Waals surface area (Å²) in [4.78, 5) is 11.9. The first-order valence-corrected chi connectivity index (χ1v) is 6.85. The van der Waals surface area contributed by atoms with Crippen LogP contribution < -0.4 is 15.4 Å². The van der Waals surface area contributed by atoms with E-state index in [-0.39, 0.29) is 5.91 Å². The van der Waals surface area contributed by atoms with Gasteiger partial charge in [-0.1, -0.05) is 12.1 Å². The number of piperidine rings is 1. The monoisotopic (exact) mass is 261 g/mol. The lowest BCUT2D eigenvalue weighted by Gasteiger charge is -2.21. The van der Waals surface area contributed by atoms with Crippen molar-refractivity contribution in [1.82, 2.24) is 5.32 Å². The second-order valence-corrected chi connectivity index (χ2v) is 4.93. The summed E-state index contributed by atoms with van der Waals surface area (Å²) in [6, 6.07) is 7.47. The molecular weight excluding hydrogens is 240 g/mol. The van der Waals surface area contributed by atoms with Crippen LogP contribution in [0.25, 0.3) is 0 Å².